The van der Waals surface area contributed by atoms with E-state index in [0.29, 0.717) is 12.3 Å². The van der Waals surface area contributed by atoms with Crippen molar-refractivity contribution in [2.24, 2.45) is 0 Å². The molecule has 1 N–H and O–H groups in total. The fraction of sp³-hybridized carbons (Fsp3) is 0.312. The van der Waals surface area contributed by atoms with E-state index in [2.05, 4.69) is 15.0 Å². The van der Waals surface area contributed by atoms with Crippen LogP contribution in [0.3, 0.4) is 0 Å². The average molecular weight is 344 g/mol. The van der Waals surface area contributed by atoms with E-state index in [4.69, 9.17) is 4.74 Å². The molecule has 0 radical (unpaired) electrons. The van der Waals surface area contributed by atoms with E-state index in [1.165, 1.54) is 31.5 Å². The Labute approximate surface area is 136 Å². The summed E-state index contributed by atoms with van der Waals surface area (Å²) in [6, 6.07) is 8.55. The smallest absolute Gasteiger partial charge is 0.422 e. The van der Waals surface area contributed by atoms with Gasteiger partial charge in [-0.1, -0.05) is 12.1 Å². The maximum atomic E-state index is 13.0. The van der Waals surface area contributed by atoms with Gasteiger partial charge in [-0.05, 0) is 23.8 Å². The summed E-state index contributed by atoms with van der Waals surface area (Å²) >= 11 is 0. The van der Waals surface area contributed by atoms with Crippen molar-refractivity contribution in [2.45, 2.75) is 12.2 Å². The van der Waals surface area contributed by atoms with Crippen LogP contribution in [0.2, 0.25) is 0 Å². The molecule has 24 heavy (non-hydrogen) atoms. The number of hydrogen-bond donors (Lipinski definition) is 1. The zero-order valence-electron chi connectivity index (χ0n) is 12.8. The minimum Gasteiger partial charge on any atom is -0.468 e. The molecule has 0 aliphatic rings. The molecule has 0 bridgehead atoms. The number of alkyl halides is 3. The van der Waals surface area contributed by atoms with E-state index >= 15 is 0 Å². The molecule has 0 fully saturated rings. The van der Waals surface area contributed by atoms with E-state index < -0.39 is 12.8 Å². The number of pyridine rings is 1. The highest BCUT2D eigenvalue weighted by Crippen LogP contribution is 2.22. The van der Waals surface area contributed by atoms with Gasteiger partial charge in [0, 0.05) is 13.2 Å². The molecule has 130 valence electrons. The molecule has 0 aliphatic carbocycles. The monoisotopic (exact) mass is 344 g/mol. The van der Waals surface area contributed by atoms with Gasteiger partial charge in [0.2, 0.25) is 5.88 Å². The maximum Gasteiger partial charge on any atom is 0.422 e. The number of rotatable bonds is 7. The lowest BCUT2D eigenvalue weighted by atomic mass is 10.1. The molecule has 1 unspecified atom stereocenters. The molecular weight excluding hydrogens is 328 g/mol. The Kier molecular flexibility index (Phi) is 5.97. The maximum absolute atomic E-state index is 13.0. The average Bonchev–Trinajstić information content (AvgIpc) is 2.54. The molecule has 0 aliphatic heterocycles. The number of nitrogens with one attached hydrogen (secondary N) is 1. The molecule has 1 heterocycles. The molecule has 0 saturated heterocycles. The van der Waals surface area contributed by atoms with Crippen LogP contribution in [0.5, 0.6) is 5.88 Å². The van der Waals surface area contributed by atoms with Gasteiger partial charge in [-0.25, -0.2) is 9.37 Å². The Bertz CT molecular complexity index is 630. The Morgan fingerprint density at radius 1 is 1.12 bits per heavy atom. The van der Waals surface area contributed by atoms with Crippen LogP contribution in [0, 0.1) is 5.82 Å². The first-order valence-corrected chi connectivity index (χ1v) is 7.04. The first kappa shape index (κ1) is 18.0. The molecule has 8 heteroatoms. The molecule has 0 amide bonds. The third kappa shape index (κ3) is 5.69. The highest BCUT2D eigenvalue weighted by molar-refractivity contribution is 5.44. The molecule has 0 spiro atoms. The van der Waals surface area contributed by atoms with E-state index in [-0.39, 0.29) is 17.7 Å². The van der Waals surface area contributed by atoms with Crippen LogP contribution in [0.15, 0.2) is 42.6 Å². The van der Waals surface area contributed by atoms with Gasteiger partial charge >= 0.3 is 6.18 Å². The van der Waals surface area contributed by atoms with E-state index in [1.807, 2.05) is 0 Å². The van der Waals surface area contributed by atoms with Crippen molar-refractivity contribution in [2.75, 3.05) is 25.6 Å². The lowest BCUT2D eigenvalue weighted by Gasteiger charge is -2.19. The van der Waals surface area contributed by atoms with Crippen LogP contribution < -0.4 is 10.1 Å². The Morgan fingerprint density at radius 3 is 2.38 bits per heavy atom. The third-order valence-corrected chi connectivity index (χ3v) is 3.07. The Balaban J connectivity index is 2.02. The number of ether oxygens (including phenoxy) is 2. The summed E-state index contributed by atoms with van der Waals surface area (Å²) in [7, 11) is 1.53. The van der Waals surface area contributed by atoms with Gasteiger partial charge in [0.15, 0.2) is 6.61 Å². The predicted molar refractivity (Wildman–Crippen MR) is 80.4 cm³/mol. The number of hydrogen-bond acceptors (Lipinski definition) is 4. The van der Waals surface area contributed by atoms with Gasteiger partial charge in [0.1, 0.15) is 5.82 Å². The van der Waals surface area contributed by atoms with Crippen LogP contribution >= 0.6 is 0 Å². The van der Waals surface area contributed by atoms with Gasteiger partial charge in [-0.2, -0.15) is 13.2 Å². The lowest BCUT2D eigenvalue weighted by Crippen LogP contribution is -2.19. The van der Waals surface area contributed by atoms with E-state index in [9.17, 15) is 17.6 Å². The SMILES string of the molecule is COCC(Nc1ccc(OCC(F)(F)F)nc1)c1ccc(F)cc1. The first-order valence-electron chi connectivity index (χ1n) is 7.04. The number of aromatic nitrogens is 1. The molecule has 1 atom stereocenters. The molecular formula is C16H16F4N2O2. The molecule has 2 aromatic rings. The topological polar surface area (TPSA) is 43.4 Å². The number of nitrogens with zero attached hydrogens (tertiary/aromatic N) is 1. The van der Waals surface area contributed by atoms with Gasteiger partial charge in [0.05, 0.1) is 24.5 Å². The minimum atomic E-state index is -4.41. The zero-order valence-corrected chi connectivity index (χ0v) is 12.8. The highest BCUT2D eigenvalue weighted by Gasteiger charge is 2.28. The van der Waals surface area contributed by atoms with Crippen molar-refractivity contribution in [3.8, 4) is 5.88 Å². The highest BCUT2D eigenvalue weighted by atomic mass is 19.4. The molecule has 1 aromatic heterocycles. The summed E-state index contributed by atoms with van der Waals surface area (Å²) in [6.07, 6.45) is -3.05. The van der Waals surface area contributed by atoms with Crippen molar-refractivity contribution < 1.29 is 27.0 Å². The quantitative estimate of drug-likeness (QED) is 0.772. The normalized spacial score (nSPS) is 12.7. The van der Waals surface area contributed by atoms with Gasteiger partial charge < -0.3 is 14.8 Å². The van der Waals surface area contributed by atoms with Crippen LogP contribution in [0.4, 0.5) is 23.2 Å². The second kappa shape index (κ2) is 7.96. The fourth-order valence-corrected chi connectivity index (χ4v) is 1.99. The van der Waals surface area contributed by atoms with Crippen molar-refractivity contribution in [1.82, 2.24) is 4.98 Å². The minimum absolute atomic E-state index is 0.122. The summed E-state index contributed by atoms with van der Waals surface area (Å²) < 4.78 is 59.0. The fourth-order valence-electron chi connectivity index (χ4n) is 1.99. The number of methoxy groups -OCH3 is 1. The standard InChI is InChI=1S/C16H16F4N2O2/c1-23-9-14(11-2-4-12(17)5-3-11)22-13-6-7-15(21-8-13)24-10-16(18,19)20/h2-8,14,22H,9-10H2,1H3. The second-order valence-corrected chi connectivity index (χ2v) is 4.99. The number of halogens is 4. The molecule has 0 saturated carbocycles. The van der Waals surface area contributed by atoms with Crippen LogP contribution in [0.25, 0.3) is 0 Å². The second-order valence-electron chi connectivity index (χ2n) is 4.99. The van der Waals surface area contributed by atoms with Gasteiger partial charge in [-0.15, -0.1) is 0 Å². The van der Waals surface area contributed by atoms with Crippen molar-refractivity contribution in [3.63, 3.8) is 0 Å². The van der Waals surface area contributed by atoms with E-state index in [0.717, 1.165) is 5.56 Å². The lowest BCUT2D eigenvalue weighted by molar-refractivity contribution is -0.154. The van der Waals surface area contributed by atoms with Gasteiger partial charge in [-0.3, -0.25) is 0 Å². The largest absolute Gasteiger partial charge is 0.468 e. The number of benzene rings is 1. The van der Waals surface area contributed by atoms with E-state index in [1.54, 1.807) is 18.2 Å². The molecule has 2 rings (SSSR count). The summed E-state index contributed by atoms with van der Waals surface area (Å²) in [6.45, 7) is -1.08. The number of anilines is 1. The van der Waals surface area contributed by atoms with Crippen LogP contribution in [-0.4, -0.2) is 31.5 Å². The third-order valence-electron chi connectivity index (χ3n) is 3.07. The Morgan fingerprint density at radius 2 is 1.83 bits per heavy atom. The summed E-state index contributed by atoms with van der Waals surface area (Å²) in [5, 5.41) is 3.13. The summed E-state index contributed by atoms with van der Waals surface area (Å²) in [5.74, 6) is -0.467. The van der Waals surface area contributed by atoms with Crippen molar-refractivity contribution >= 4 is 5.69 Å². The zero-order chi connectivity index (χ0) is 17.6. The molecule has 1 aromatic carbocycles. The molecule has 4 nitrogen and oxygen atoms in total. The van der Waals surface area contributed by atoms with Crippen molar-refractivity contribution in [3.05, 3.63) is 54.0 Å². The first-order chi connectivity index (χ1) is 11.4. The van der Waals surface area contributed by atoms with Crippen LogP contribution in [-0.2, 0) is 4.74 Å². The Hall–Kier alpha value is -2.35. The summed E-state index contributed by atoms with van der Waals surface area (Å²) in [4.78, 5) is 3.82. The van der Waals surface area contributed by atoms with Crippen LogP contribution in [0.1, 0.15) is 11.6 Å². The predicted octanol–water partition coefficient (Wildman–Crippen LogP) is 3.96. The summed E-state index contributed by atoms with van der Waals surface area (Å²) in [5.41, 5.74) is 1.37. The van der Waals surface area contributed by atoms with Crippen molar-refractivity contribution in [1.29, 1.82) is 0 Å². The van der Waals surface area contributed by atoms with Gasteiger partial charge in [0.25, 0.3) is 0 Å².